The van der Waals surface area contributed by atoms with E-state index in [0.717, 1.165) is 33.0 Å². The van der Waals surface area contributed by atoms with Gasteiger partial charge in [-0.1, -0.05) is 28.8 Å². The number of hydrogen-bond acceptors (Lipinski definition) is 5. The van der Waals surface area contributed by atoms with Crippen molar-refractivity contribution >= 4 is 23.1 Å². The van der Waals surface area contributed by atoms with Gasteiger partial charge in [0.1, 0.15) is 5.75 Å². The van der Waals surface area contributed by atoms with Crippen molar-refractivity contribution in [3.63, 3.8) is 0 Å². The largest absolute Gasteiger partial charge is 0.483 e. The van der Waals surface area contributed by atoms with Crippen LogP contribution in [-0.2, 0) is 4.79 Å². The molecule has 0 fully saturated rings. The van der Waals surface area contributed by atoms with Gasteiger partial charge in [-0.3, -0.25) is 4.79 Å². The molecule has 0 spiro atoms. The third kappa shape index (κ3) is 3.78. The van der Waals surface area contributed by atoms with Crippen LogP contribution < -0.4 is 10.1 Å². The maximum atomic E-state index is 12.0. The number of anilines is 1. The lowest BCUT2D eigenvalue weighted by molar-refractivity contribution is -0.118. The molecule has 0 saturated heterocycles. The Bertz CT molecular complexity index is 830. The van der Waals surface area contributed by atoms with Crippen molar-refractivity contribution in [1.82, 2.24) is 9.59 Å². The summed E-state index contributed by atoms with van der Waals surface area (Å²) in [6.07, 6.45) is 1.72. The van der Waals surface area contributed by atoms with Crippen LogP contribution in [0.15, 0.2) is 48.7 Å². The number of aryl methyl sites for hydroxylation is 1. The molecule has 24 heavy (non-hydrogen) atoms. The maximum absolute atomic E-state index is 12.0. The van der Waals surface area contributed by atoms with E-state index in [9.17, 15) is 4.79 Å². The Kier molecular flexibility index (Phi) is 4.86. The minimum Gasteiger partial charge on any atom is -0.483 e. The van der Waals surface area contributed by atoms with E-state index < -0.39 is 0 Å². The molecule has 3 aromatic rings. The lowest BCUT2D eigenvalue weighted by Gasteiger charge is -2.11. The van der Waals surface area contributed by atoms with Crippen molar-refractivity contribution < 1.29 is 9.53 Å². The van der Waals surface area contributed by atoms with Gasteiger partial charge in [0.25, 0.3) is 5.91 Å². The van der Waals surface area contributed by atoms with E-state index in [1.165, 1.54) is 11.5 Å². The van der Waals surface area contributed by atoms with Crippen molar-refractivity contribution in [3.05, 3.63) is 59.8 Å². The normalized spacial score (nSPS) is 10.4. The smallest absolute Gasteiger partial charge is 0.262 e. The quantitative estimate of drug-likeness (QED) is 0.767. The summed E-state index contributed by atoms with van der Waals surface area (Å²) in [5.41, 5.74) is 3.94. The second-order valence-corrected chi connectivity index (χ2v) is 6.18. The highest BCUT2D eigenvalue weighted by Crippen LogP contribution is 2.23. The van der Waals surface area contributed by atoms with E-state index >= 15 is 0 Å². The molecule has 1 N–H and O–H groups in total. The predicted octanol–water partition coefficient (Wildman–Crippen LogP) is 3.84. The van der Waals surface area contributed by atoms with Crippen molar-refractivity contribution in [1.29, 1.82) is 0 Å². The third-order valence-corrected chi connectivity index (χ3v) is 4.44. The fourth-order valence-corrected chi connectivity index (χ4v) is 2.75. The molecule has 2 aromatic carbocycles. The maximum Gasteiger partial charge on any atom is 0.262 e. The number of nitrogens with zero attached hydrogens (tertiary/aromatic N) is 2. The van der Waals surface area contributed by atoms with Crippen LogP contribution in [-0.4, -0.2) is 22.1 Å². The molecule has 0 aliphatic carbocycles. The number of amides is 1. The Morgan fingerprint density at radius 1 is 1.17 bits per heavy atom. The number of ether oxygens (including phenoxy) is 1. The van der Waals surface area contributed by atoms with E-state index in [1.807, 2.05) is 56.3 Å². The van der Waals surface area contributed by atoms with Crippen LogP contribution >= 0.6 is 11.5 Å². The number of nitrogens with one attached hydrogen (secondary N) is 1. The summed E-state index contributed by atoms with van der Waals surface area (Å²) >= 11 is 1.34. The minimum absolute atomic E-state index is 0.0230. The second-order valence-electron chi connectivity index (χ2n) is 5.39. The van der Waals surface area contributed by atoms with Crippen molar-refractivity contribution in [2.75, 3.05) is 11.9 Å². The van der Waals surface area contributed by atoms with E-state index in [1.54, 1.807) is 6.20 Å². The van der Waals surface area contributed by atoms with Gasteiger partial charge in [-0.25, -0.2) is 0 Å². The van der Waals surface area contributed by atoms with Crippen molar-refractivity contribution in [2.45, 2.75) is 13.8 Å². The summed E-state index contributed by atoms with van der Waals surface area (Å²) in [5.74, 6) is 0.543. The zero-order chi connectivity index (χ0) is 16.9. The Labute approximate surface area is 144 Å². The molecule has 0 aliphatic heterocycles. The molecule has 3 rings (SSSR count). The van der Waals surface area contributed by atoms with Gasteiger partial charge < -0.3 is 10.1 Å². The molecule has 1 amide bonds. The molecule has 0 saturated carbocycles. The predicted molar refractivity (Wildman–Crippen MR) is 95.4 cm³/mol. The summed E-state index contributed by atoms with van der Waals surface area (Å²) in [7, 11) is 0. The van der Waals surface area contributed by atoms with Gasteiger partial charge in [0.05, 0.1) is 11.1 Å². The van der Waals surface area contributed by atoms with Gasteiger partial charge in [-0.15, -0.1) is 5.10 Å². The standard InChI is InChI=1S/C18H17N3O2S/c1-12-4-3-5-16(13(12)2)23-11-18(22)20-15-8-6-14(7-9-15)17-10-19-21-24-17/h3-10H,11H2,1-2H3,(H,20,22). The highest BCUT2D eigenvalue weighted by atomic mass is 32.1. The first-order valence-corrected chi connectivity index (χ1v) is 8.27. The Morgan fingerprint density at radius 3 is 2.67 bits per heavy atom. The summed E-state index contributed by atoms with van der Waals surface area (Å²) in [5, 5.41) is 6.64. The number of rotatable bonds is 5. The van der Waals surface area contributed by atoms with Gasteiger partial charge in [0.15, 0.2) is 6.61 Å². The molecule has 1 heterocycles. The SMILES string of the molecule is Cc1cccc(OCC(=O)Nc2ccc(-c3cnns3)cc2)c1C. The van der Waals surface area contributed by atoms with Crippen LogP contribution in [0.4, 0.5) is 5.69 Å². The number of carbonyl (C=O) groups is 1. The fraction of sp³-hybridized carbons (Fsp3) is 0.167. The summed E-state index contributed by atoms with van der Waals surface area (Å²) in [6.45, 7) is 3.98. The van der Waals surface area contributed by atoms with Crippen molar-refractivity contribution in [2.24, 2.45) is 0 Å². The molecule has 1 aromatic heterocycles. The summed E-state index contributed by atoms with van der Waals surface area (Å²) < 4.78 is 9.45. The van der Waals surface area contributed by atoms with Gasteiger partial charge in [0, 0.05) is 5.69 Å². The number of hydrogen-bond donors (Lipinski definition) is 1. The van der Waals surface area contributed by atoms with E-state index in [-0.39, 0.29) is 12.5 Å². The van der Waals surface area contributed by atoms with Crippen LogP contribution in [0, 0.1) is 13.8 Å². The topological polar surface area (TPSA) is 64.1 Å². The molecular weight excluding hydrogens is 322 g/mol. The molecule has 0 aliphatic rings. The van der Waals surface area contributed by atoms with Gasteiger partial charge in [-0.05, 0) is 60.3 Å². The van der Waals surface area contributed by atoms with Crippen LogP contribution in [0.1, 0.15) is 11.1 Å². The van der Waals surface area contributed by atoms with E-state index in [0.29, 0.717) is 0 Å². The van der Waals surface area contributed by atoms with Crippen molar-refractivity contribution in [3.8, 4) is 16.2 Å². The molecule has 0 bridgehead atoms. The molecular formula is C18H17N3O2S. The minimum atomic E-state index is -0.192. The highest BCUT2D eigenvalue weighted by Gasteiger charge is 2.07. The van der Waals surface area contributed by atoms with Gasteiger partial charge in [0.2, 0.25) is 0 Å². The monoisotopic (exact) mass is 339 g/mol. The fourth-order valence-electron chi connectivity index (χ4n) is 2.23. The molecule has 5 nitrogen and oxygen atoms in total. The highest BCUT2D eigenvalue weighted by molar-refractivity contribution is 7.09. The first-order valence-electron chi connectivity index (χ1n) is 7.50. The number of benzene rings is 2. The third-order valence-electron chi connectivity index (χ3n) is 3.73. The first kappa shape index (κ1) is 16.1. The molecule has 0 atom stereocenters. The Balaban J connectivity index is 1.58. The van der Waals surface area contributed by atoms with Gasteiger partial charge in [-0.2, -0.15) is 0 Å². The lowest BCUT2D eigenvalue weighted by Crippen LogP contribution is -2.20. The molecule has 0 unspecified atom stereocenters. The average molecular weight is 339 g/mol. The van der Waals surface area contributed by atoms with Gasteiger partial charge >= 0.3 is 0 Å². The molecule has 122 valence electrons. The van der Waals surface area contributed by atoms with Crippen LogP contribution in [0.3, 0.4) is 0 Å². The van der Waals surface area contributed by atoms with E-state index in [2.05, 4.69) is 14.9 Å². The first-order chi connectivity index (χ1) is 11.6. The zero-order valence-corrected chi connectivity index (χ0v) is 14.3. The molecule has 6 heteroatoms. The van der Waals surface area contributed by atoms with Crippen LogP contribution in [0.25, 0.3) is 10.4 Å². The second kappa shape index (κ2) is 7.23. The van der Waals surface area contributed by atoms with Crippen LogP contribution in [0.2, 0.25) is 0 Å². The van der Waals surface area contributed by atoms with E-state index in [4.69, 9.17) is 4.74 Å². The number of aromatic nitrogens is 2. The zero-order valence-electron chi connectivity index (χ0n) is 13.4. The lowest BCUT2D eigenvalue weighted by atomic mass is 10.1. The summed E-state index contributed by atoms with van der Waals surface area (Å²) in [4.78, 5) is 13.0. The summed E-state index contributed by atoms with van der Waals surface area (Å²) in [6, 6.07) is 13.4. The van der Waals surface area contributed by atoms with Crippen LogP contribution in [0.5, 0.6) is 5.75 Å². The Hall–Kier alpha value is -2.73. The molecule has 0 radical (unpaired) electrons. The average Bonchev–Trinajstić information content (AvgIpc) is 3.11. The number of carbonyl (C=O) groups excluding carboxylic acids is 1. The Morgan fingerprint density at radius 2 is 1.96 bits per heavy atom.